The molecule has 2 aromatic heterocycles. The number of halogens is 1. The lowest BCUT2D eigenvalue weighted by Crippen LogP contribution is -2.39. The average molecular weight is 397 g/mol. The van der Waals surface area contributed by atoms with Crippen LogP contribution in [0.3, 0.4) is 0 Å². The summed E-state index contributed by atoms with van der Waals surface area (Å²) in [5.41, 5.74) is 5.49. The van der Waals surface area contributed by atoms with Crippen LogP contribution in [0, 0.1) is 19.8 Å². The second-order valence-electron chi connectivity index (χ2n) is 7.86. The normalized spacial score (nSPS) is 17.3. The van der Waals surface area contributed by atoms with Crippen molar-refractivity contribution < 1.29 is 4.79 Å². The minimum Gasteiger partial charge on any atom is -0.338 e. The van der Waals surface area contributed by atoms with Crippen LogP contribution in [-0.4, -0.2) is 38.5 Å². The molecule has 1 atom stereocenters. The third-order valence-corrected chi connectivity index (χ3v) is 5.93. The lowest BCUT2D eigenvalue weighted by molar-refractivity contribution is 0.0685. The van der Waals surface area contributed by atoms with Gasteiger partial charge < -0.3 is 4.90 Å². The highest BCUT2D eigenvalue weighted by molar-refractivity contribution is 6.30. The second kappa shape index (κ2) is 7.55. The van der Waals surface area contributed by atoms with E-state index < -0.39 is 0 Å². The lowest BCUT2D eigenvalue weighted by Gasteiger charge is -2.30. The Labute approximate surface area is 170 Å². The van der Waals surface area contributed by atoms with E-state index in [4.69, 9.17) is 16.6 Å². The average Bonchev–Trinajstić information content (AvgIpc) is 3.10. The van der Waals surface area contributed by atoms with Crippen LogP contribution in [0.15, 0.2) is 30.5 Å². The molecule has 3 aromatic rings. The van der Waals surface area contributed by atoms with Gasteiger partial charge in [-0.1, -0.05) is 30.7 Å². The van der Waals surface area contributed by atoms with Crippen LogP contribution in [0.5, 0.6) is 0 Å². The van der Waals surface area contributed by atoms with Gasteiger partial charge in [0.25, 0.3) is 5.91 Å². The Morgan fingerprint density at radius 1 is 1.25 bits per heavy atom. The first-order chi connectivity index (χ1) is 13.4. The molecular formula is C22H25ClN4O. The highest BCUT2D eigenvalue weighted by Gasteiger charge is 2.26. The second-order valence-corrected chi connectivity index (χ2v) is 8.29. The van der Waals surface area contributed by atoms with Crippen molar-refractivity contribution in [2.24, 2.45) is 5.92 Å². The third kappa shape index (κ3) is 3.51. The number of carbonyl (C=O) groups excluding carboxylic acids is 1. The molecule has 1 aliphatic rings. The molecule has 1 aromatic carbocycles. The summed E-state index contributed by atoms with van der Waals surface area (Å²) < 4.78 is 1.80. The summed E-state index contributed by atoms with van der Waals surface area (Å²) in [6, 6.07) is 7.86. The molecule has 5 nitrogen and oxygen atoms in total. The monoisotopic (exact) mass is 396 g/mol. The van der Waals surface area contributed by atoms with Crippen LogP contribution >= 0.6 is 11.6 Å². The zero-order chi connectivity index (χ0) is 19.8. The lowest BCUT2D eigenvalue weighted by atomic mass is 10.00. The molecule has 0 N–H and O–H groups in total. The van der Waals surface area contributed by atoms with Gasteiger partial charge in [0.1, 0.15) is 5.56 Å². The van der Waals surface area contributed by atoms with E-state index in [1.807, 2.05) is 43.0 Å². The van der Waals surface area contributed by atoms with Crippen LogP contribution < -0.4 is 0 Å². The molecule has 1 amide bonds. The van der Waals surface area contributed by atoms with E-state index in [1.165, 1.54) is 12.0 Å². The number of aryl methyl sites for hydroxylation is 2. The summed E-state index contributed by atoms with van der Waals surface area (Å²) in [5.74, 6) is 0.584. The van der Waals surface area contributed by atoms with Gasteiger partial charge in [0, 0.05) is 35.9 Å². The number of carbonyl (C=O) groups is 1. The van der Waals surface area contributed by atoms with E-state index in [1.54, 1.807) is 10.7 Å². The molecule has 6 heteroatoms. The van der Waals surface area contributed by atoms with Gasteiger partial charge in [-0.2, -0.15) is 5.10 Å². The first kappa shape index (κ1) is 18.9. The minimum atomic E-state index is 0.0401. The number of likely N-dealkylation sites (tertiary alicyclic amines) is 1. The van der Waals surface area contributed by atoms with E-state index in [2.05, 4.69) is 12.0 Å². The van der Waals surface area contributed by atoms with E-state index in [-0.39, 0.29) is 5.91 Å². The first-order valence-electron chi connectivity index (χ1n) is 9.81. The van der Waals surface area contributed by atoms with Crippen molar-refractivity contribution >= 4 is 23.2 Å². The largest absolute Gasteiger partial charge is 0.338 e. The van der Waals surface area contributed by atoms with Gasteiger partial charge in [0.15, 0.2) is 5.65 Å². The highest BCUT2D eigenvalue weighted by Crippen LogP contribution is 2.23. The molecule has 0 spiro atoms. The Morgan fingerprint density at radius 3 is 2.71 bits per heavy atom. The van der Waals surface area contributed by atoms with Gasteiger partial charge in [-0.05, 0) is 55.9 Å². The third-order valence-electron chi connectivity index (χ3n) is 5.68. The number of fused-ring (bicyclic) bond motifs is 1. The van der Waals surface area contributed by atoms with Crippen molar-refractivity contribution in [3.8, 4) is 0 Å². The molecule has 1 fully saturated rings. The Kier molecular flexibility index (Phi) is 5.11. The van der Waals surface area contributed by atoms with Crippen molar-refractivity contribution in [3.63, 3.8) is 0 Å². The van der Waals surface area contributed by atoms with Crippen LogP contribution in [0.1, 0.15) is 52.6 Å². The van der Waals surface area contributed by atoms with Gasteiger partial charge >= 0.3 is 0 Å². The molecule has 1 saturated heterocycles. The van der Waals surface area contributed by atoms with Crippen molar-refractivity contribution in [1.82, 2.24) is 19.5 Å². The molecule has 0 bridgehead atoms. The standard InChI is InChI=1S/C22H25ClN4O/c1-14-5-4-10-26(13-14)22(28)20-12-24-27-16(3)19(15(2)25-21(20)27)11-17-6-8-18(23)9-7-17/h6-9,12,14H,4-5,10-11,13H2,1-3H3/t14-/m1/s1. The number of rotatable bonds is 3. The fraction of sp³-hybridized carbons (Fsp3) is 0.409. The number of hydrogen-bond acceptors (Lipinski definition) is 3. The van der Waals surface area contributed by atoms with Gasteiger partial charge in [0.05, 0.1) is 6.20 Å². The topological polar surface area (TPSA) is 50.5 Å². The van der Waals surface area contributed by atoms with Gasteiger partial charge in [-0.25, -0.2) is 9.50 Å². The number of nitrogens with zero attached hydrogens (tertiary/aromatic N) is 4. The number of piperidine rings is 1. The summed E-state index contributed by atoms with van der Waals surface area (Å²) in [6.45, 7) is 7.86. The summed E-state index contributed by atoms with van der Waals surface area (Å²) in [5, 5.41) is 5.23. The summed E-state index contributed by atoms with van der Waals surface area (Å²) in [7, 11) is 0. The van der Waals surface area contributed by atoms with Crippen LogP contribution in [0.25, 0.3) is 5.65 Å². The Hall–Kier alpha value is -2.40. The van der Waals surface area contributed by atoms with E-state index in [0.29, 0.717) is 17.1 Å². The summed E-state index contributed by atoms with van der Waals surface area (Å²) in [4.78, 5) is 19.8. The maximum Gasteiger partial charge on any atom is 0.259 e. The fourth-order valence-corrected chi connectivity index (χ4v) is 4.19. The number of hydrogen-bond donors (Lipinski definition) is 0. The molecule has 0 unspecified atom stereocenters. The Morgan fingerprint density at radius 2 is 2.00 bits per heavy atom. The zero-order valence-corrected chi connectivity index (χ0v) is 17.3. The maximum absolute atomic E-state index is 13.1. The van der Waals surface area contributed by atoms with Gasteiger partial charge in [0.2, 0.25) is 0 Å². The van der Waals surface area contributed by atoms with Crippen molar-refractivity contribution in [2.75, 3.05) is 13.1 Å². The number of benzene rings is 1. The summed E-state index contributed by atoms with van der Waals surface area (Å²) in [6.07, 6.45) is 4.67. The molecule has 0 aliphatic carbocycles. The Balaban J connectivity index is 1.69. The van der Waals surface area contributed by atoms with Gasteiger partial charge in [-0.3, -0.25) is 4.79 Å². The van der Waals surface area contributed by atoms with E-state index in [9.17, 15) is 4.79 Å². The molecule has 1 aliphatic heterocycles. The highest BCUT2D eigenvalue weighted by atomic mass is 35.5. The van der Waals surface area contributed by atoms with Gasteiger partial charge in [-0.15, -0.1) is 0 Å². The van der Waals surface area contributed by atoms with Crippen LogP contribution in [0.4, 0.5) is 0 Å². The fourth-order valence-electron chi connectivity index (χ4n) is 4.07. The minimum absolute atomic E-state index is 0.0401. The van der Waals surface area contributed by atoms with E-state index >= 15 is 0 Å². The predicted molar refractivity (Wildman–Crippen MR) is 111 cm³/mol. The van der Waals surface area contributed by atoms with Crippen molar-refractivity contribution in [2.45, 2.75) is 40.0 Å². The molecule has 0 radical (unpaired) electrons. The molecule has 28 heavy (non-hydrogen) atoms. The Bertz CT molecular complexity index is 1030. The predicted octanol–water partition coefficient (Wildman–Crippen LogP) is 4.46. The number of aromatic nitrogens is 3. The first-order valence-corrected chi connectivity index (χ1v) is 10.2. The van der Waals surface area contributed by atoms with Crippen molar-refractivity contribution in [3.05, 3.63) is 63.6 Å². The van der Waals surface area contributed by atoms with E-state index in [0.717, 1.165) is 47.9 Å². The van der Waals surface area contributed by atoms with Crippen LogP contribution in [0.2, 0.25) is 5.02 Å². The molecule has 3 heterocycles. The summed E-state index contributed by atoms with van der Waals surface area (Å²) >= 11 is 6.00. The SMILES string of the molecule is Cc1nc2c(C(=O)N3CCC[C@@H](C)C3)cnn2c(C)c1Cc1ccc(Cl)cc1. The maximum atomic E-state index is 13.1. The molecule has 4 rings (SSSR count). The zero-order valence-electron chi connectivity index (χ0n) is 16.6. The molecular weight excluding hydrogens is 372 g/mol. The molecule has 146 valence electrons. The van der Waals surface area contributed by atoms with Crippen LogP contribution in [-0.2, 0) is 6.42 Å². The number of amides is 1. The smallest absolute Gasteiger partial charge is 0.259 e. The molecule has 0 saturated carbocycles. The quantitative estimate of drug-likeness (QED) is 0.656. The van der Waals surface area contributed by atoms with Crippen molar-refractivity contribution in [1.29, 1.82) is 0 Å².